The molecule has 0 saturated carbocycles. The third-order valence-corrected chi connectivity index (χ3v) is 5.43. The van der Waals surface area contributed by atoms with E-state index >= 15 is 0 Å². The number of imidazole rings is 1. The van der Waals surface area contributed by atoms with E-state index in [2.05, 4.69) is 33.0 Å². The first-order valence-electron chi connectivity index (χ1n) is 8.41. The van der Waals surface area contributed by atoms with Crippen LogP contribution in [0.2, 0.25) is 5.02 Å². The zero-order valence-electron chi connectivity index (χ0n) is 14.0. The van der Waals surface area contributed by atoms with Crippen LogP contribution in [0.5, 0.6) is 0 Å². The third kappa shape index (κ3) is 3.41. The van der Waals surface area contributed by atoms with E-state index in [-0.39, 0.29) is 11.9 Å². The van der Waals surface area contributed by atoms with E-state index in [0.29, 0.717) is 13.1 Å². The van der Waals surface area contributed by atoms with E-state index in [4.69, 9.17) is 11.6 Å². The summed E-state index contributed by atoms with van der Waals surface area (Å²) in [6, 6.07) is 15.8. The standard InChI is InChI=1S/C20H17BrClN3O/c21-16-3-1-2-15(10-16)20-18-11-23-13-24(18)12-19(26)25(20)9-8-14-4-6-17(22)7-5-14/h1-7,10-11,13,20H,8-9,12H2. The number of halogens is 2. The molecule has 132 valence electrons. The highest BCUT2D eigenvalue weighted by molar-refractivity contribution is 9.10. The van der Waals surface area contributed by atoms with E-state index in [0.717, 1.165) is 32.7 Å². The minimum absolute atomic E-state index is 0.106. The fourth-order valence-corrected chi connectivity index (χ4v) is 3.96. The first kappa shape index (κ1) is 17.3. The van der Waals surface area contributed by atoms with Crippen LogP contribution >= 0.6 is 27.5 Å². The maximum absolute atomic E-state index is 12.8. The molecule has 1 atom stereocenters. The molecule has 0 spiro atoms. The molecular formula is C20H17BrClN3O. The van der Waals surface area contributed by atoms with Gasteiger partial charge in [-0.25, -0.2) is 4.98 Å². The van der Waals surface area contributed by atoms with E-state index in [9.17, 15) is 4.79 Å². The van der Waals surface area contributed by atoms with Crippen LogP contribution in [0.15, 0.2) is 65.5 Å². The van der Waals surface area contributed by atoms with E-state index in [1.807, 2.05) is 52.1 Å². The summed E-state index contributed by atoms with van der Waals surface area (Å²) in [6.07, 6.45) is 4.36. The van der Waals surface area contributed by atoms with Gasteiger partial charge in [0.2, 0.25) is 5.91 Å². The van der Waals surface area contributed by atoms with Gasteiger partial charge in [0.1, 0.15) is 6.54 Å². The van der Waals surface area contributed by atoms with Gasteiger partial charge in [0.05, 0.1) is 24.3 Å². The first-order valence-corrected chi connectivity index (χ1v) is 9.58. The minimum Gasteiger partial charge on any atom is -0.328 e. The molecule has 3 aromatic rings. The lowest BCUT2D eigenvalue weighted by atomic mass is 9.99. The van der Waals surface area contributed by atoms with Crippen molar-refractivity contribution in [3.05, 3.63) is 87.4 Å². The number of hydrogen-bond acceptors (Lipinski definition) is 2. The second kappa shape index (κ2) is 7.25. The van der Waals surface area contributed by atoms with Crippen molar-refractivity contribution >= 4 is 33.4 Å². The van der Waals surface area contributed by atoms with Crippen LogP contribution < -0.4 is 0 Å². The van der Waals surface area contributed by atoms with Gasteiger partial charge in [-0.1, -0.05) is 51.8 Å². The first-order chi connectivity index (χ1) is 12.6. The Morgan fingerprint density at radius 3 is 2.77 bits per heavy atom. The molecule has 26 heavy (non-hydrogen) atoms. The number of amides is 1. The van der Waals surface area contributed by atoms with E-state index in [1.165, 1.54) is 0 Å². The Morgan fingerprint density at radius 1 is 1.19 bits per heavy atom. The highest BCUT2D eigenvalue weighted by Gasteiger charge is 2.33. The Kier molecular flexibility index (Phi) is 4.83. The number of carbonyl (C=O) groups is 1. The predicted molar refractivity (Wildman–Crippen MR) is 105 cm³/mol. The molecule has 6 heteroatoms. The lowest BCUT2D eigenvalue weighted by molar-refractivity contribution is -0.135. The third-order valence-electron chi connectivity index (χ3n) is 4.68. The predicted octanol–water partition coefficient (Wildman–Crippen LogP) is 4.47. The Hall–Kier alpha value is -2.11. The zero-order valence-corrected chi connectivity index (χ0v) is 16.3. The van der Waals surface area contributed by atoms with Crippen LogP contribution in [0.25, 0.3) is 0 Å². The van der Waals surface area contributed by atoms with Crippen LogP contribution in [0.3, 0.4) is 0 Å². The topological polar surface area (TPSA) is 38.1 Å². The van der Waals surface area contributed by atoms with Crippen molar-refractivity contribution in [2.24, 2.45) is 0 Å². The molecule has 1 amide bonds. The Balaban J connectivity index is 1.66. The molecular weight excluding hydrogens is 414 g/mol. The fourth-order valence-electron chi connectivity index (χ4n) is 3.41. The Bertz CT molecular complexity index is 938. The normalized spacial score (nSPS) is 16.6. The molecule has 0 bridgehead atoms. The molecule has 0 fully saturated rings. The number of benzene rings is 2. The molecule has 1 aromatic heterocycles. The Labute approximate surface area is 165 Å². The Morgan fingerprint density at radius 2 is 2.00 bits per heavy atom. The summed E-state index contributed by atoms with van der Waals surface area (Å²) in [6.45, 7) is 0.975. The zero-order chi connectivity index (χ0) is 18.1. The van der Waals surface area contributed by atoms with Gasteiger partial charge in [0, 0.05) is 16.0 Å². The average Bonchev–Trinajstić information content (AvgIpc) is 3.08. The largest absolute Gasteiger partial charge is 0.328 e. The van der Waals surface area contributed by atoms with Gasteiger partial charge >= 0.3 is 0 Å². The maximum atomic E-state index is 12.8. The summed E-state index contributed by atoms with van der Waals surface area (Å²) in [4.78, 5) is 19.1. The fraction of sp³-hybridized carbons (Fsp3) is 0.200. The van der Waals surface area contributed by atoms with Crippen molar-refractivity contribution in [2.45, 2.75) is 19.0 Å². The average molecular weight is 431 g/mol. The molecule has 0 radical (unpaired) electrons. The number of hydrogen-bond donors (Lipinski definition) is 0. The molecule has 0 N–H and O–H groups in total. The molecule has 1 unspecified atom stereocenters. The number of carbonyl (C=O) groups excluding carboxylic acids is 1. The van der Waals surface area contributed by atoms with Crippen LogP contribution in [0, 0.1) is 0 Å². The summed E-state index contributed by atoms with van der Waals surface area (Å²) in [7, 11) is 0. The summed E-state index contributed by atoms with van der Waals surface area (Å²) in [5.41, 5.74) is 3.28. The van der Waals surface area contributed by atoms with Crippen LogP contribution in [0.1, 0.15) is 22.9 Å². The number of nitrogens with zero attached hydrogens (tertiary/aromatic N) is 3. The monoisotopic (exact) mass is 429 g/mol. The van der Waals surface area contributed by atoms with Crippen molar-refractivity contribution in [3.8, 4) is 0 Å². The molecule has 2 aromatic carbocycles. The van der Waals surface area contributed by atoms with Crippen molar-refractivity contribution in [1.29, 1.82) is 0 Å². The van der Waals surface area contributed by atoms with Gasteiger partial charge in [0.15, 0.2) is 0 Å². The SMILES string of the molecule is O=C1Cn2cncc2C(c2cccc(Br)c2)N1CCc1ccc(Cl)cc1. The lowest BCUT2D eigenvalue weighted by Gasteiger charge is -2.37. The number of fused-ring (bicyclic) bond motifs is 1. The molecule has 1 aliphatic rings. The second-order valence-electron chi connectivity index (χ2n) is 6.37. The number of rotatable bonds is 4. The smallest absolute Gasteiger partial charge is 0.243 e. The van der Waals surface area contributed by atoms with Gasteiger partial charge in [-0.2, -0.15) is 0 Å². The quantitative estimate of drug-likeness (QED) is 0.612. The highest BCUT2D eigenvalue weighted by Crippen LogP contribution is 2.33. The molecule has 4 rings (SSSR count). The van der Waals surface area contributed by atoms with Crippen molar-refractivity contribution in [1.82, 2.24) is 14.5 Å². The summed E-state index contributed by atoms with van der Waals surface area (Å²) in [5.74, 6) is 0.106. The lowest BCUT2D eigenvalue weighted by Crippen LogP contribution is -2.44. The molecule has 2 heterocycles. The van der Waals surface area contributed by atoms with Crippen molar-refractivity contribution < 1.29 is 4.79 Å². The maximum Gasteiger partial charge on any atom is 0.243 e. The number of aromatic nitrogens is 2. The van der Waals surface area contributed by atoms with Gasteiger partial charge in [-0.3, -0.25) is 4.79 Å². The second-order valence-corrected chi connectivity index (χ2v) is 7.72. The molecule has 0 aliphatic carbocycles. The van der Waals surface area contributed by atoms with Crippen LogP contribution in [-0.2, 0) is 17.8 Å². The van der Waals surface area contributed by atoms with E-state index < -0.39 is 0 Å². The summed E-state index contributed by atoms with van der Waals surface area (Å²) >= 11 is 9.51. The molecule has 0 saturated heterocycles. The van der Waals surface area contributed by atoms with Crippen molar-refractivity contribution in [2.75, 3.05) is 6.54 Å². The summed E-state index contributed by atoms with van der Waals surface area (Å²) in [5, 5.41) is 0.721. The van der Waals surface area contributed by atoms with Gasteiger partial charge in [0.25, 0.3) is 0 Å². The van der Waals surface area contributed by atoms with E-state index in [1.54, 1.807) is 6.33 Å². The van der Waals surface area contributed by atoms with Crippen LogP contribution in [-0.4, -0.2) is 26.9 Å². The summed E-state index contributed by atoms with van der Waals surface area (Å²) < 4.78 is 2.93. The van der Waals surface area contributed by atoms with Crippen LogP contribution in [0.4, 0.5) is 0 Å². The highest BCUT2D eigenvalue weighted by atomic mass is 79.9. The molecule has 4 nitrogen and oxygen atoms in total. The van der Waals surface area contributed by atoms with Crippen molar-refractivity contribution in [3.63, 3.8) is 0 Å². The van der Waals surface area contributed by atoms with Gasteiger partial charge in [-0.15, -0.1) is 0 Å². The van der Waals surface area contributed by atoms with Gasteiger partial charge in [-0.05, 0) is 41.8 Å². The molecule has 1 aliphatic heterocycles. The van der Waals surface area contributed by atoms with Gasteiger partial charge < -0.3 is 9.47 Å². The minimum atomic E-state index is -0.136.